The van der Waals surface area contributed by atoms with Gasteiger partial charge in [-0.3, -0.25) is 0 Å². The van der Waals surface area contributed by atoms with Gasteiger partial charge < -0.3 is 4.74 Å². The Balaban J connectivity index is 2.01. The average Bonchev–Trinajstić information content (AvgIpc) is 2.94. The third-order valence-electron chi connectivity index (χ3n) is 3.76. The number of nitrogens with zero attached hydrogens (tertiary/aromatic N) is 3. The highest BCUT2D eigenvalue weighted by Gasteiger charge is 2.41. The fourth-order valence-electron chi connectivity index (χ4n) is 2.74. The second kappa shape index (κ2) is 4.53. The van der Waals surface area contributed by atoms with Crippen LogP contribution in [0, 0.1) is 0 Å². The zero-order valence-electron chi connectivity index (χ0n) is 10.5. The molecule has 0 bridgehead atoms. The summed E-state index contributed by atoms with van der Waals surface area (Å²) >= 11 is 0. The van der Waals surface area contributed by atoms with E-state index >= 15 is 0 Å². The van der Waals surface area contributed by atoms with Gasteiger partial charge in [0.15, 0.2) is 0 Å². The van der Waals surface area contributed by atoms with Crippen LogP contribution < -0.4 is 0 Å². The second-order valence-corrected chi connectivity index (χ2v) is 4.86. The molecule has 2 heterocycles. The van der Waals surface area contributed by atoms with Gasteiger partial charge in [0.2, 0.25) is 0 Å². The van der Waals surface area contributed by atoms with Crippen LogP contribution in [-0.2, 0) is 10.3 Å². The van der Waals surface area contributed by atoms with E-state index in [0.717, 1.165) is 19.4 Å². The first kappa shape index (κ1) is 11.4. The molecule has 4 nitrogen and oxygen atoms in total. The van der Waals surface area contributed by atoms with Crippen LogP contribution in [0.2, 0.25) is 0 Å². The molecule has 1 aromatic heterocycles. The molecule has 2 aromatic rings. The Kier molecular flexibility index (Phi) is 2.88. The molecular weight excluding hydrogens is 226 g/mol. The van der Waals surface area contributed by atoms with Gasteiger partial charge in [-0.2, -0.15) is 5.10 Å². The molecule has 94 valence electrons. The van der Waals surface area contributed by atoms with Crippen molar-refractivity contribution < 1.29 is 4.74 Å². The molecule has 2 atom stereocenters. The van der Waals surface area contributed by atoms with Crippen molar-refractivity contribution in [1.29, 1.82) is 0 Å². The fourth-order valence-corrected chi connectivity index (χ4v) is 2.74. The van der Waals surface area contributed by atoms with Gasteiger partial charge in [0.05, 0.1) is 6.04 Å². The van der Waals surface area contributed by atoms with Crippen LogP contribution in [0.15, 0.2) is 43.0 Å². The number of benzene rings is 1. The van der Waals surface area contributed by atoms with E-state index in [1.54, 1.807) is 12.7 Å². The zero-order valence-corrected chi connectivity index (χ0v) is 10.5. The molecule has 1 aromatic carbocycles. The van der Waals surface area contributed by atoms with Crippen molar-refractivity contribution in [2.75, 3.05) is 6.61 Å². The predicted molar refractivity (Wildman–Crippen MR) is 68.0 cm³/mol. The van der Waals surface area contributed by atoms with Crippen LogP contribution in [0.25, 0.3) is 0 Å². The Bertz CT molecular complexity index is 497. The smallest absolute Gasteiger partial charge is 0.137 e. The van der Waals surface area contributed by atoms with Gasteiger partial charge in [-0.1, -0.05) is 30.3 Å². The first-order valence-corrected chi connectivity index (χ1v) is 6.34. The summed E-state index contributed by atoms with van der Waals surface area (Å²) in [4.78, 5) is 4.05. The van der Waals surface area contributed by atoms with Crippen LogP contribution in [0.4, 0.5) is 0 Å². The molecule has 0 N–H and O–H groups in total. The lowest BCUT2D eigenvalue weighted by atomic mass is 9.83. The summed E-state index contributed by atoms with van der Waals surface area (Å²) in [6, 6.07) is 10.6. The maximum atomic E-state index is 6.10. The Labute approximate surface area is 107 Å². The largest absolute Gasteiger partial charge is 0.368 e. The summed E-state index contributed by atoms with van der Waals surface area (Å²) in [5.74, 6) is 0. The van der Waals surface area contributed by atoms with Gasteiger partial charge in [-0.05, 0) is 25.3 Å². The summed E-state index contributed by atoms with van der Waals surface area (Å²) < 4.78 is 8.02. The quantitative estimate of drug-likeness (QED) is 0.813. The van der Waals surface area contributed by atoms with Gasteiger partial charge in [-0.15, -0.1) is 0 Å². The van der Waals surface area contributed by atoms with Gasteiger partial charge in [0.25, 0.3) is 0 Å². The van der Waals surface area contributed by atoms with E-state index in [-0.39, 0.29) is 11.6 Å². The monoisotopic (exact) mass is 243 g/mol. The molecule has 1 fully saturated rings. The standard InChI is InChI=1S/C14H17N3O/c1-14(12-6-3-2-4-7-12)13(8-5-9-18-14)17-11-15-10-16-17/h2-4,6-7,10-11,13H,5,8-9H2,1H3. The molecule has 0 amide bonds. The number of aromatic nitrogens is 3. The molecule has 1 aliphatic heterocycles. The Hall–Kier alpha value is -1.68. The Morgan fingerprint density at radius 3 is 2.89 bits per heavy atom. The van der Waals surface area contributed by atoms with Crippen LogP contribution in [0.3, 0.4) is 0 Å². The number of rotatable bonds is 2. The van der Waals surface area contributed by atoms with E-state index in [4.69, 9.17) is 4.74 Å². The Morgan fingerprint density at radius 1 is 1.33 bits per heavy atom. The van der Waals surface area contributed by atoms with Crippen LogP contribution in [0.1, 0.15) is 31.4 Å². The third-order valence-corrected chi connectivity index (χ3v) is 3.76. The molecule has 1 saturated heterocycles. The van der Waals surface area contributed by atoms with Crippen molar-refractivity contribution in [1.82, 2.24) is 14.8 Å². The summed E-state index contributed by atoms with van der Waals surface area (Å²) in [5.41, 5.74) is 0.873. The van der Waals surface area contributed by atoms with E-state index in [9.17, 15) is 0 Å². The van der Waals surface area contributed by atoms with Gasteiger partial charge in [0.1, 0.15) is 18.3 Å². The highest BCUT2D eigenvalue weighted by molar-refractivity contribution is 5.24. The molecule has 4 heteroatoms. The number of ether oxygens (including phenoxy) is 1. The first-order valence-electron chi connectivity index (χ1n) is 6.34. The second-order valence-electron chi connectivity index (χ2n) is 4.86. The summed E-state index contributed by atoms with van der Waals surface area (Å²) in [6.45, 7) is 2.95. The van der Waals surface area contributed by atoms with Crippen molar-refractivity contribution in [3.63, 3.8) is 0 Å². The number of hydrogen-bond donors (Lipinski definition) is 0. The van der Waals surface area contributed by atoms with Gasteiger partial charge in [0, 0.05) is 6.61 Å². The van der Waals surface area contributed by atoms with E-state index in [0.29, 0.717) is 0 Å². The van der Waals surface area contributed by atoms with Crippen molar-refractivity contribution >= 4 is 0 Å². The minimum atomic E-state index is -0.326. The molecule has 0 aliphatic carbocycles. The molecule has 0 saturated carbocycles. The third kappa shape index (κ3) is 1.82. The van der Waals surface area contributed by atoms with Crippen molar-refractivity contribution in [3.05, 3.63) is 48.5 Å². The highest BCUT2D eigenvalue weighted by Crippen LogP contribution is 2.42. The lowest BCUT2D eigenvalue weighted by Gasteiger charge is -2.41. The highest BCUT2D eigenvalue weighted by atomic mass is 16.5. The summed E-state index contributed by atoms with van der Waals surface area (Å²) in [5, 5.41) is 4.29. The summed E-state index contributed by atoms with van der Waals surface area (Å²) in [7, 11) is 0. The van der Waals surface area contributed by atoms with Gasteiger partial charge in [-0.25, -0.2) is 9.67 Å². The molecule has 0 spiro atoms. The Morgan fingerprint density at radius 2 is 2.17 bits per heavy atom. The lowest BCUT2D eigenvalue weighted by Crippen LogP contribution is -2.40. The topological polar surface area (TPSA) is 39.9 Å². The minimum absolute atomic E-state index is 0.205. The molecular formula is C14H17N3O. The van der Waals surface area contributed by atoms with Crippen LogP contribution in [0.5, 0.6) is 0 Å². The lowest BCUT2D eigenvalue weighted by molar-refractivity contribution is -0.109. The predicted octanol–water partition coefficient (Wildman–Crippen LogP) is 2.55. The molecule has 18 heavy (non-hydrogen) atoms. The first-order chi connectivity index (χ1) is 8.81. The van der Waals surface area contributed by atoms with Crippen LogP contribution in [-0.4, -0.2) is 21.4 Å². The SMILES string of the molecule is CC1(c2ccccc2)OCCCC1n1cncn1. The van der Waals surface area contributed by atoms with Crippen molar-refractivity contribution in [2.24, 2.45) is 0 Å². The molecule has 1 aliphatic rings. The van der Waals surface area contributed by atoms with Crippen LogP contribution >= 0.6 is 0 Å². The fraction of sp³-hybridized carbons (Fsp3) is 0.429. The van der Waals surface area contributed by atoms with E-state index in [1.165, 1.54) is 5.56 Å². The van der Waals surface area contributed by atoms with Crippen molar-refractivity contribution in [3.8, 4) is 0 Å². The summed E-state index contributed by atoms with van der Waals surface area (Å²) in [6.07, 6.45) is 5.49. The number of hydrogen-bond acceptors (Lipinski definition) is 3. The maximum Gasteiger partial charge on any atom is 0.137 e. The van der Waals surface area contributed by atoms with E-state index < -0.39 is 0 Å². The van der Waals surface area contributed by atoms with E-state index in [2.05, 4.69) is 41.3 Å². The van der Waals surface area contributed by atoms with Crippen molar-refractivity contribution in [2.45, 2.75) is 31.4 Å². The van der Waals surface area contributed by atoms with E-state index in [1.807, 2.05) is 10.7 Å². The average molecular weight is 243 g/mol. The molecule has 3 rings (SSSR count). The molecule has 0 radical (unpaired) electrons. The molecule has 2 unspecified atom stereocenters. The van der Waals surface area contributed by atoms with Gasteiger partial charge >= 0.3 is 0 Å². The normalized spacial score (nSPS) is 28.2. The minimum Gasteiger partial charge on any atom is -0.368 e. The maximum absolute atomic E-state index is 6.10. The zero-order chi connectivity index (χ0) is 12.4.